The normalized spacial score (nSPS) is 21.0. The van der Waals surface area contributed by atoms with Gasteiger partial charge >= 0.3 is 5.97 Å². The fourth-order valence-electron chi connectivity index (χ4n) is 3.20. The topological polar surface area (TPSA) is 95.9 Å². The van der Waals surface area contributed by atoms with Crippen molar-refractivity contribution in [2.24, 2.45) is 0 Å². The summed E-state index contributed by atoms with van der Waals surface area (Å²) in [5, 5.41) is 12.4. The third-order valence-corrected chi connectivity index (χ3v) is 4.63. The second-order valence-electron chi connectivity index (χ2n) is 6.72. The van der Waals surface area contributed by atoms with E-state index in [0.717, 1.165) is 19.3 Å². The minimum Gasteiger partial charge on any atom is -0.467 e. The highest BCUT2D eigenvalue weighted by Crippen LogP contribution is 2.19. The SMILES string of the molecule is CCCCCCCC[C@H](NC(=O)[C@@H]1C[C@@H](O)CN1C(C)=O)C(=O)OC. The Kier molecular flexibility index (Phi) is 9.49. The van der Waals surface area contributed by atoms with Crippen molar-refractivity contribution in [1.29, 1.82) is 0 Å². The van der Waals surface area contributed by atoms with Crippen LogP contribution in [-0.4, -0.2) is 59.6 Å². The first-order chi connectivity index (χ1) is 11.9. The molecule has 0 aliphatic carbocycles. The van der Waals surface area contributed by atoms with Gasteiger partial charge in [0.2, 0.25) is 11.8 Å². The number of likely N-dealkylation sites (tertiary alicyclic amines) is 1. The van der Waals surface area contributed by atoms with Crippen molar-refractivity contribution >= 4 is 17.8 Å². The number of amides is 2. The molecule has 7 heteroatoms. The second kappa shape index (κ2) is 11.1. The zero-order valence-corrected chi connectivity index (χ0v) is 15.6. The van der Waals surface area contributed by atoms with E-state index in [1.54, 1.807) is 0 Å². The van der Waals surface area contributed by atoms with Gasteiger partial charge in [-0.05, 0) is 6.42 Å². The molecule has 0 spiro atoms. The van der Waals surface area contributed by atoms with E-state index in [1.165, 1.54) is 38.2 Å². The smallest absolute Gasteiger partial charge is 0.328 e. The van der Waals surface area contributed by atoms with E-state index in [1.807, 2.05) is 0 Å². The number of β-amino-alcohol motifs (C(OH)–C–C–N with tert-alkyl or cyclic N) is 1. The van der Waals surface area contributed by atoms with Gasteiger partial charge in [-0.1, -0.05) is 45.4 Å². The van der Waals surface area contributed by atoms with Crippen LogP contribution in [0.2, 0.25) is 0 Å². The molecule has 1 heterocycles. The molecule has 1 fully saturated rings. The minimum atomic E-state index is -0.732. The number of rotatable bonds is 10. The molecule has 1 saturated heterocycles. The van der Waals surface area contributed by atoms with E-state index >= 15 is 0 Å². The Morgan fingerprint density at radius 3 is 2.44 bits per heavy atom. The number of carbonyl (C=O) groups excluding carboxylic acids is 3. The van der Waals surface area contributed by atoms with Gasteiger partial charge in [-0.3, -0.25) is 9.59 Å². The maximum Gasteiger partial charge on any atom is 0.328 e. The predicted molar refractivity (Wildman–Crippen MR) is 93.7 cm³/mol. The van der Waals surface area contributed by atoms with Crippen molar-refractivity contribution in [3.8, 4) is 0 Å². The molecule has 0 saturated carbocycles. The van der Waals surface area contributed by atoms with E-state index in [2.05, 4.69) is 12.2 Å². The van der Waals surface area contributed by atoms with Gasteiger partial charge in [-0.2, -0.15) is 0 Å². The standard InChI is InChI=1S/C18H32N2O5/c1-4-5-6-7-8-9-10-15(18(24)25-3)19-17(23)16-11-14(22)12-20(16)13(2)21/h14-16,22H,4-12H2,1-3H3,(H,19,23)/t14-,15+,16+/m1/s1. The maximum atomic E-state index is 12.5. The lowest BCUT2D eigenvalue weighted by molar-refractivity contribution is -0.146. The molecule has 0 aromatic rings. The zero-order valence-electron chi connectivity index (χ0n) is 15.6. The molecule has 25 heavy (non-hydrogen) atoms. The molecule has 3 atom stereocenters. The Labute approximate surface area is 150 Å². The van der Waals surface area contributed by atoms with E-state index in [9.17, 15) is 19.5 Å². The summed E-state index contributed by atoms with van der Waals surface area (Å²) in [7, 11) is 1.30. The molecule has 1 rings (SSSR count). The average Bonchev–Trinajstić information content (AvgIpc) is 2.98. The van der Waals surface area contributed by atoms with Crippen molar-refractivity contribution in [3.05, 3.63) is 0 Å². The average molecular weight is 356 g/mol. The number of aliphatic hydroxyl groups excluding tert-OH is 1. The first-order valence-corrected chi connectivity index (χ1v) is 9.24. The zero-order chi connectivity index (χ0) is 18.8. The first kappa shape index (κ1) is 21.4. The summed E-state index contributed by atoms with van der Waals surface area (Å²) in [6, 6.07) is -1.44. The van der Waals surface area contributed by atoms with E-state index in [4.69, 9.17) is 4.74 Å². The number of hydrogen-bond acceptors (Lipinski definition) is 5. The summed E-state index contributed by atoms with van der Waals surface area (Å²) >= 11 is 0. The van der Waals surface area contributed by atoms with Crippen molar-refractivity contribution in [2.75, 3.05) is 13.7 Å². The van der Waals surface area contributed by atoms with Gasteiger partial charge < -0.3 is 20.1 Å². The number of hydrogen-bond donors (Lipinski definition) is 2. The van der Waals surface area contributed by atoms with Crippen molar-refractivity contribution < 1.29 is 24.2 Å². The van der Waals surface area contributed by atoms with Crippen LogP contribution in [0.3, 0.4) is 0 Å². The van der Waals surface area contributed by atoms with Crippen molar-refractivity contribution in [2.45, 2.75) is 83.4 Å². The summed E-state index contributed by atoms with van der Waals surface area (Å²) in [5.74, 6) is -1.15. The van der Waals surface area contributed by atoms with E-state index in [0.29, 0.717) is 6.42 Å². The number of methoxy groups -OCH3 is 1. The number of aliphatic hydroxyl groups is 1. The monoisotopic (exact) mass is 356 g/mol. The number of carbonyl (C=O) groups is 3. The molecule has 1 aliphatic rings. The van der Waals surface area contributed by atoms with Crippen LogP contribution < -0.4 is 5.32 Å². The number of esters is 1. The molecule has 2 amide bonds. The maximum absolute atomic E-state index is 12.5. The lowest BCUT2D eigenvalue weighted by atomic mass is 10.0. The number of nitrogens with one attached hydrogen (secondary N) is 1. The number of ether oxygens (including phenoxy) is 1. The van der Waals surface area contributed by atoms with Gasteiger partial charge in [0.1, 0.15) is 12.1 Å². The van der Waals surface area contributed by atoms with Crippen LogP contribution in [0.1, 0.15) is 65.2 Å². The summed E-state index contributed by atoms with van der Waals surface area (Å²) in [5.41, 5.74) is 0. The lowest BCUT2D eigenvalue weighted by Gasteiger charge is -2.24. The van der Waals surface area contributed by atoms with E-state index in [-0.39, 0.29) is 18.9 Å². The van der Waals surface area contributed by atoms with Gasteiger partial charge in [0, 0.05) is 19.9 Å². The number of unbranched alkanes of at least 4 members (excludes halogenated alkanes) is 5. The Morgan fingerprint density at radius 2 is 1.84 bits per heavy atom. The molecule has 144 valence electrons. The molecule has 0 radical (unpaired) electrons. The Hall–Kier alpha value is -1.63. The van der Waals surface area contributed by atoms with Crippen molar-refractivity contribution in [3.63, 3.8) is 0 Å². The van der Waals surface area contributed by atoms with Crippen LogP contribution in [0.4, 0.5) is 0 Å². The number of nitrogens with zero attached hydrogens (tertiary/aromatic N) is 1. The van der Waals surface area contributed by atoms with Gasteiger partial charge in [0.05, 0.1) is 13.2 Å². The summed E-state index contributed by atoms with van der Waals surface area (Å²) in [6.45, 7) is 3.67. The van der Waals surface area contributed by atoms with Crippen LogP contribution in [-0.2, 0) is 19.1 Å². The summed E-state index contributed by atoms with van der Waals surface area (Å²) in [4.78, 5) is 37.4. The highest BCUT2D eigenvalue weighted by atomic mass is 16.5. The quantitative estimate of drug-likeness (QED) is 0.455. The van der Waals surface area contributed by atoms with Gasteiger partial charge in [-0.15, -0.1) is 0 Å². The van der Waals surface area contributed by atoms with Crippen molar-refractivity contribution in [1.82, 2.24) is 10.2 Å². The summed E-state index contributed by atoms with van der Waals surface area (Å²) < 4.78 is 4.78. The van der Waals surface area contributed by atoms with Crippen LogP contribution in [0.25, 0.3) is 0 Å². The Morgan fingerprint density at radius 1 is 1.20 bits per heavy atom. The third kappa shape index (κ3) is 7.02. The van der Waals surface area contributed by atoms with E-state index < -0.39 is 30.1 Å². The molecule has 7 nitrogen and oxygen atoms in total. The second-order valence-corrected chi connectivity index (χ2v) is 6.72. The molecule has 1 aliphatic heterocycles. The van der Waals surface area contributed by atoms with Crippen LogP contribution in [0, 0.1) is 0 Å². The Bertz CT molecular complexity index is 455. The van der Waals surface area contributed by atoms with Crippen LogP contribution in [0.15, 0.2) is 0 Å². The molecule has 0 aromatic carbocycles. The largest absolute Gasteiger partial charge is 0.467 e. The van der Waals surface area contributed by atoms with Gasteiger partial charge in [-0.25, -0.2) is 4.79 Å². The third-order valence-electron chi connectivity index (χ3n) is 4.63. The highest BCUT2D eigenvalue weighted by Gasteiger charge is 2.38. The predicted octanol–water partition coefficient (Wildman–Crippen LogP) is 1.38. The van der Waals surface area contributed by atoms with Crippen LogP contribution >= 0.6 is 0 Å². The first-order valence-electron chi connectivity index (χ1n) is 9.24. The Balaban J connectivity index is 2.54. The molecule has 0 unspecified atom stereocenters. The molecule has 2 N–H and O–H groups in total. The molecular weight excluding hydrogens is 324 g/mol. The minimum absolute atomic E-state index is 0.147. The van der Waals surface area contributed by atoms with Crippen LogP contribution in [0.5, 0.6) is 0 Å². The fraction of sp³-hybridized carbons (Fsp3) is 0.833. The molecular formula is C18H32N2O5. The molecule has 0 aromatic heterocycles. The molecule has 0 bridgehead atoms. The van der Waals surface area contributed by atoms with Gasteiger partial charge in [0.25, 0.3) is 0 Å². The summed E-state index contributed by atoms with van der Waals surface area (Å²) in [6.07, 6.45) is 6.51. The van der Waals surface area contributed by atoms with Gasteiger partial charge in [0.15, 0.2) is 0 Å². The highest BCUT2D eigenvalue weighted by molar-refractivity contribution is 5.90. The fourth-order valence-corrected chi connectivity index (χ4v) is 3.20. The lowest BCUT2D eigenvalue weighted by Crippen LogP contribution is -2.50.